The number of benzene rings is 1. The second-order valence-corrected chi connectivity index (χ2v) is 8.15. The molecular formula is C24H24F3N3O2. The van der Waals surface area contributed by atoms with Gasteiger partial charge in [-0.1, -0.05) is 23.4 Å². The number of hydrogen-bond acceptors (Lipinski definition) is 4. The highest BCUT2D eigenvalue weighted by atomic mass is 19.4. The molecule has 2 aromatic heterocycles. The van der Waals surface area contributed by atoms with Crippen molar-refractivity contribution in [1.82, 2.24) is 15.0 Å². The second-order valence-electron chi connectivity index (χ2n) is 8.15. The predicted molar refractivity (Wildman–Crippen MR) is 112 cm³/mol. The molecule has 5 nitrogen and oxygen atoms in total. The van der Waals surface area contributed by atoms with Crippen molar-refractivity contribution in [1.29, 1.82) is 0 Å². The Morgan fingerprint density at radius 3 is 2.56 bits per heavy atom. The summed E-state index contributed by atoms with van der Waals surface area (Å²) in [6.07, 6.45) is -1.97. The van der Waals surface area contributed by atoms with Crippen molar-refractivity contribution < 1.29 is 22.5 Å². The van der Waals surface area contributed by atoms with Crippen LogP contribution in [0.5, 0.6) is 0 Å². The van der Waals surface area contributed by atoms with E-state index >= 15 is 0 Å². The molecule has 0 bridgehead atoms. The molecule has 3 heterocycles. The van der Waals surface area contributed by atoms with Gasteiger partial charge in [-0.15, -0.1) is 0 Å². The summed E-state index contributed by atoms with van der Waals surface area (Å²) in [5, 5.41) is 3.92. The van der Waals surface area contributed by atoms with Gasteiger partial charge in [0.25, 0.3) is 0 Å². The first-order valence-electron chi connectivity index (χ1n) is 10.6. The molecule has 32 heavy (non-hydrogen) atoms. The Bertz CT molecular complexity index is 1090. The van der Waals surface area contributed by atoms with Crippen molar-refractivity contribution in [3.05, 3.63) is 82.0 Å². The van der Waals surface area contributed by atoms with Crippen LogP contribution in [0.15, 0.2) is 47.0 Å². The van der Waals surface area contributed by atoms with E-state index in [0.29, 0.717) is 18.7 Å². The summed E-state index contributed by atoms with van der Waals surface area (Å²) in [5.41, 5.74) is 3.20. The van der Waals surface area contributed by atoms with Gasteiger partial charge in [0.2, 0.25) is 5.91 Å². The average molecular weight is 443 g/mol. The number of nitrogens with zero attached hydrogens (tertiary/aromatic N) is 3. The number of carbonyl (C=O) groups excluding carboxylic acids is 1. The number of aryl methyl sites for hydroxylation is 2. The highest BCUT2D eigenvalue weighted by molar-refractivity contribution is 5.80. The first-order chi connectivity index (χ1) is 15.2. The number of alkyl halides is 3. The maximum atomic E-state index is 13.0. The monoisotopic (exact) mass is 443 g/mol. The number of aromatic nitrogens is 2. The quantitative estimate of drug-likeness (QED) is 0.544. The SMILES string of the molecule is Cc1noc(C)c1CC(=O)N1CCC[C@@H]1c1cccc(Cc2ccc(C(F)(F)F)cc2)n1. The maximum Gasteiger partial charge on any atom is 0.416 e. The van der Waals surface area contributed by atoms with Crippen molar-refractivity contribution >= 4 is 5.91 Å². The first kappa shape index (κ1) is 22.0. The summed E-state index contributed by atoms with van der Waals surface area (Å²) in [6, 6.07) is 10.7. The zero-order chi connectivity index (χ0) is 22.9. The fourth-order valence-electron chi connectivity index (χ4n) is 4.18. The van der Waals surface area contributed by atoms with Crippen LogP contribution in [0.2, 0.25) is 0 Å². The number of pyridine rings is 1. The van der Waals surface area contributed by atoms with E-state index in [1.807, 2.05) is 30.0 Å². The van der Waals surface area contributed by atoms with Gasteiger partial charge in [0.05, 0.1) is 29.4 Å². The molecule has 1 atom stereocenters. The Labute approximate surface area is 184 Å². The molecule has 0 radical (unpaired) electrons. The van der Waals surface area contributed by atoms with Gasteiger partial charge >= 0.3 is 6.18 Å². The second kappa shape index (κ2) is 8.76. The van der Waals surface area contributed by atoms with E-state index in [1.54, 1.807) is 6.92 Å². The molecule has 0 saturated carbocycles. The van der Waals surface area contributed by atoms with Crippen LogP contribution in [0, 0.1) is 13.8 Å². The lowest BCUT2D eigenvalue weighted by Crippen LogP contribution is -2.32. The van der Waals surface area contributed by atoms with Gasteiger partial charge in [0.15, 0.2) is 0 Å². The van der Waals surface area contributed by atoms with Gasteiger partial charge < -0.3 is 9.42 Å². The maximum absolute atomic E-state index is 13.0. The van der Waals surface area contributed by atoms with Crippen molar-refractivity contribution in [3.63, 3.8) is 0 Å². The predicted octanol–water partition coefficient (Wildman–Crippen LogP) is 5.20. The zero-order valence-electron chi connectivity index (χ0n) is 17.9. The van der Waals surface area contributed by atoms with Crippen LogP contribution in [0.4, 0.5) is 13.2 Å². The third kappa shape index (κ3) is 4.69. The van der Waals surface area contributed by atoms with Gasteiger partial charge in [-0.3, -0.25) is 9.78 Å². The van der Waals surface area contributed by atoms with Crippen molar-refractivity contribution in [2.24, 2.45) is 0 Å². The van der Waals surface area contributed by atoms with Crippen LogP contribution in [-0.4, -0.2) is 27.5 Å². The van der Waals surface area contributed by atoms with Crippen LogP contribution in [0.25, 0.3) is 0 Å². The normalized spacial score (nSPS) is 16.5. The zero-order valence-corrected chi connectivity index (χ0v) is 17.9. The molecule has 1 amide bonds. The number of carbonyl (C=O) groups is 1. The molecule has 1 aliphatic heterocycles. The Balaban J connectivity index is 1.49. The van der Waals surface area contributed by atoms with Gasteiger partial charge in [0, 0.05) is 24.2 Å². The summed E-state index contributed by atoms with van der Waals surface area (Å²) in [5.74, 6) is 0.667. The molecule has 0 N–H and O–H groups in total. The van der Waals surface area contributed by atoms with Gasteiger partial charge in [-0.2, -0.15) is 13.2 Å². The van der Waals surface area contributed by atoms with Crippen LogP contribution < -0.4 is 0 Å². The molecule has 0 unspecified atom stereocenters. The molecule has 1 aromatic carbocycles. The van der Waals surface area contributed by atoms with Crippen molar-refractivity contribution in [3.8, 4) is 0 Å². The summed E-state index contributed by atoms with van der Waals surface area (Å²) in [6.45, 7) is 4.29. The molecule has 0 spiro atoms. The lowest BCUT2D eigenvalue weighted by molar-refractivity contribution is -0.137. The molecular weight excluding hydrogens is 419 g/mol. The number of amides is 1. The Kier molecular flexibility index (Phi) is 6.04. The van der Waals surface area contributed by atoms with Gasteiger partial charge in [0.1, 0.15) is 5.76 Å². The summed E-state index contributed by atoms with van der Waals surface area (Å²) in [4.78, 5) is 19.6. The van der Waals surface area contributed by atoms with Crippen molar-refractivity contribution in [2.45, 2.75) is 51.7 Å². The molecule has 168 valence electrons. The summed E-state index contributed by atoms with van der Waals surface area (Å²) in [7, 11) is 0. The molecule has 1 saturated heterocycles. The molecule has 0 aliphatic carbocycles. The van der Waals surface area contributed by atoms with Crippen LogP contribution >= 0.6 is 0 Å². The van der Waals surface area contributed by atoms with Crippen LogP contribution in [0.3, 0.4) is 0 Å². The molecule has 1 fully saturated rings. The lowest BCUT2D eigenvalue weighted by atomic mass is 10.0. The van der Waals surface area contributed by atoms with E-state index in [9.17, 15) is 18.0 Å². The van der Waals surface area contributed by atoms with E-state index in [4.69, 9.17) is 9.51 Å². The van der Waals surface area contributed by atoms with E-state index in [-0.39, 0.29) is 18.4 Å². The number of likely N-dealkylation sites (tertiary alicyclic amines) is 1. The topological polar surface area (TPSA) is 59.2 Å². The number of hydrogen-bond donors (Lipinski definition) is 0. The van der Waals surface area contributed by atoms with Gasteiger partial charge in [-0.25, -0.2) is 0 Å². The van der Waals surface area contributed by atoms with Crippen LogP contribution in [0.1, 0.15) is 58.4 Å². The average Bonchev–Trinajstić information content (AvgIpc) is 3.36. The summed E-state index contributed by atoms with van der Waals surface area (Å²) >= 11 is 0. The third-order valence-electron chi connectivity index (χ3n) is 5.92. The minimum Gasteiger partial charge on any atom is -0.361 e. The number of halogens is 3. The lowest BCUT2D eigenvalue weighted by Gasteiger charge is -2.25. The molecule has 4 rings (SSSR count). The highest BCUT2D eigenvalue weighted by Crippen LogP contribution is 2.32. The van der Waals surface area contributed by atoms with E-state index in [2.05, 4.69) is 5.16 Å². The highest BCUT2D eigenvalue weighted by Gasteiger charge is 2.32. The van der Waals surface area contributed by atoms with Crippen molar-refractivity contribution in [2.75, 3.05) is 6.54 Å². The number of rotatable bonds is 5. The fraction of sp³-hybridized carbons (Fsp3) is 0.375. The van der Waals surface area contributed by atoms with Crippen LogP contribution in [-0.2, 0) is 23.8 Å². The molecule has 1 aliphatic rings. The third-order valence-corrected chi connectivity index (χ3v) is 5.92. The summed E-state index contributed by atoms with van der Waals surface area (Å²) < 4.78 is 43.5. The molecule has 8 heteroatoms. The van der Waals surface area contributed by atoms with Gasteiger partial charge in [-0.05, 0) is 56.5 Å². The first-order valence-corrected chi connectivity index (χ1v) is 10.6. The Morgan fingerprint density at radius 1 is 1.16 bits per heavy atom. The smallest absolute Gasteiger partial charge is 0.361 e. The van der Waals surface area contributed by atoms with E-state index in [0.717, 1.165) is 53.2 Å². The fourth-order valence-corrected chi connectivity index (χ4v) is 4.18. The minimum atomic E-state index is -4.35. The van der Waals surface area contributed by atoms with E-state index in [1.165, 1.54) is 12.1 Å². The standard InChI is InChI=1S/C24H24F3N3O2/c1-15-20(16(2)32-29-15)14-23(31)30-12-4-7-22(30)21-6-3-5-19(28-21)13-17-8-10-18(11-9-17)24(25,26)27/h3,5-6,8-11,22H,4,7,12-14H2,1-2H3/t22-/m1/s1. The Hall–Kier alpha value is -3.16. The Morgan fingerprint density at radius 2 is 1.91 bits per heavy atom. The van der Waals surface area contributed by atoms with E-state index < -0.39 is 11.7 Å². The minimum absolute atomic E-state index is 0.0110. The molecule has 3 aromatic rings. The largest absolute Gasteiger partial charge is 0.416 e.